The third-order valence-electron chi connectivity index (χ3n) is 4.16. The smallest absolute Gasteiger partial charge is 0.224 e. The van der Waals surface area contributed by atoms with Crippen LogP contribution in [0.2, 0.25) is 0 Å². The summed E-state index contributed by atoms with van der Waals surface area (Å²) in [5, 5.41) is 13.0. The highest BCUT2D eigenvalue weighted by atomic mass is 16.5. The molecule has 0 spiro atoms. The molecule has 2 heterocycles. The number of nitrogens with one attached hydrogen (secondary N) is 1. The van der Waals surface area contributed by atoms with Crippen molar-refractivity contribution in [2.24, 2.45) is 5.73 Å². The van der Waals surface area contributed by atoms with Gasteiger partial charge in [0.15, 0.2) is 0 Å². The van der Waals surface area contributed by atoms with E-state index in [4.69, 9.17) is 10.5 Å². The van der Waals surface area contributed by atoms with E-state index in [0.29, 0.717) is 19.6 Å². The molecule has 1 fully saturated rings. The molecule has 1 aromatic carbocycles. The van der Waals surface area contributed by atoms with Crippen molar-refractivity contribution in [3.63, 3.8) is 0 Å². The number of carbonyl (C=O) groups excluding carboxylic acids is 1. The van der Waals surface area contributed by atoms with Crippen LogP contribution in [0.3, 0.4) is 0 Å². The van der Waals surface area contributed by atoms with Gasteiger partial charge in [0.05, 0.1) is 24.7 Å². The molecule has 2 aliphatic rings. The van der Waals surface area contributed by atoms with Gasteiger partial charge in [0.1, 0.15) is 0 Å². The van der Waals surface area contributed by atoms with Crippen molar-refractivity contribution in [3.8, 4) is 0 Å². The number of aliphatic hydroxyl groups excluding tert-OH is 1. The Kier molecular flexibility index (Phi) is 3.05. The summed E-state index contributed by atoms with van der Waals surface area (Å²) in [5.74, 6) is 0.0592. The van der Waals surface area contributed by atoms with Crippen molar-refractivity contribution in [1.82, 2.24) is 0 Å². The molecule has 0 radical (unpaired) electrons. The number of hydrogen-bond acceptors (Lipinski definition) is 4. The first-order valence-electron chi connectivity index (χ1n) is 6.55. The van der Waals surface area contributed by atoms with Crippen LogP contribution in [0, 0.1) is 0 Å². The molecule has 0 saturated carbocycles. The summed E-state index contributed by atoms with van der Waals surface area (Å²) in [4.78, 5) is 11.3. The summed E-state index contributed by atoms with van der Waals surface area (Å²) in [6.45, 7) is 1.21. The average molecular weight is 262 g/mol. The van der Waals surface area contributed by atoms with Crippen molar-refractivity contribution in [2.75, 3.05) is 25.1 Å². The lowest BCUT2D eigenvalue weighted by atomic mass is 9.73. The fourth-order valence-corrected chi connectivity index (χ4v) is 2.79. The molecule has 1 aromatic rings. The second-order valence-electron chi connectivity index (χ2n) is 5.32. The maximum absolute atomic E-state index is 11.3. The molecule has 5 heteroatoms. The Morgan fingerprint density at radius 1 is 1.42 bits per heavy atom. The van der Waals surface area contributed by atoms with E-state index in [9.17, 15) is 9.90 Å². The fourth-order valence-electron chi connectivity index (χ4n) is 2.79. The minimum Gasteiger partial charge on any atom is -0.391 e. The van der Waals surface area contributed by atoms with E-state index in [-0.39, 0.29) is 17.9 Å². The van der Waals surface area contributed by atoms with Crippen LogP contribution in [0.5, 0.6) is 0 Å². The van der Waals surface area contributed by atoms with Gasteiger partial charge in [-0.2, -0.15) is 0 Å². The summed E-state index contributed by atoms with van der Waals surface area (Å²) in [6, 6.07) is 5.92. The van der Waals surface area contributed by atoms with Crippen LogP contribution in [0.25, 0.3) is 0 Å². The third-order valence-corrected chi connectivity index (χ3v) is 4.16. The van der Waals surface area contributed by atoms with Gasteiger partial charge in [-0.15, -0.1) is 0 Å². The van der Waals surface area contributed by atoms with Crippen LogP contribution in [-0.2, 0) is 21.4 Å². The minimum atomic E-state index is -0.600. The molecular weight excluding hydrogens is 244 g/mol. The molecule has 4 N–H and O–H groups in total. The SMILES string of the molecule is NCC(O)C1(c2ccc3c(c2)CCC(=O)N3)COC1. The molecular formula is C14H18N2O3. The number of aryl methyl sites for hydroxylation is 1. The Balaban J connectivity index is 1.95. The van der Waals surface area contributed by atoms with Gasteiger partial charge in [-0.1, -0.05) is 12.1 Å². The molecule has 1 amide bonds. The van der Waals surface area contributed by atoms with Crippen LogP contribution in [-0.4, -0.2) is 36.9 Å². The number of aliphatic hydroxyl groups is 1. The molecule has 102 valence electrons. The van der Waals surface area contributed by atoms with E-state index in [1.54, 1.807) is 0 Å². The number of ether oxygens (including phenoxy) is 1. The zero-order chi connectivity index (χ0) is 13.5. The fraction of sp³-hybridized carbons (Fsp3) is 0.500. The lowest BCUT2D eigenvalue weighted by Gasteiger charge is -2.45. The van der Waals surface area contributed by atoms with Gasteiger partial charge in [0, 0.05) is 18.7 Å². The molecule has 19 heavy (non-hydrogen) atoms. The number of hydrogen-bond donors (Lipinski definition) is 3. The zero-order valence-electron chi connectivity index (χ0n) is 10.7. The molecule has 0 aromatic heterocycles. The quantitative estimate of drug-likeness (QED) is 0.724. The number of benzene rings is 1. The van der Waals surface area contributed by atoms with Crippen molar-refractivity contribution in [1.29, 1.82) is 0 Å². The first-order chi connectivity index (χ1) is 9.15. The normalized spacial score (nSPS) is 22.1. The highest BCUT2D eigenvalue weighted by Gasteiger charge is 2.46. The van der Waals surface area contributed by atoms with E-state index in [2.05, 4.69) is 11.4 Å². The van der Waals surface area contributed by atoms with Crippen LogP contribution in [0.15, 0.2) is 18.2 Å². The summed E-state index contributed by atoms with van der Waals surface area (Å²) in [6.07, 6.45) is 0.654. The first kappa shape index (κ1) is 12.6. The number of anilines is 1. The molecule has 5 nitrogen and oxygen atoms in total. The van der Waals surface area contributed by atoms with Crippen molar-refractivity contribution < 1.29 is 14.6 Å². The molecule has 1 saturated heterocycles. The topological polar surface area (TPSA) is 84.6 Å². The van der Waals surface area contributed by atoms with Crippen LogP contribution in [0.4, 0.5) is 5.69 Å². The summed E-state index contributed by atoms with van der Waals surface area (Å²) in [5.41, 5.74) is 8.25. The average Bonchev–Trinajstić information content (AvgIpc) is 2.37. The summed E-state index contributed by atoms with van der Waals surface area (Å²) in [7, 11) is 0. The Bertz CT molecular complexity index is 511. The second-order valence-corrected chi connectivity index (χ2v) is 5.32. The lowest BCUT2D eigenvalue weighted by Crippen LogP contribution is -2.57. The summed E-state index contributed by atoms with van der Waals surface area (Å²) >= 11 is 0. The number of nitrogens with two attached hydrogens (primary N) is 1. The van der Waals surface area contributed by atoms with E-state index in [1.807, 2.05) is 12.1 Å². The maximum atomic E-state index is 11.3. The van der Waals surface area contributed by atoms with E-state index in [1.165, 1.54) is 0 Å². The lowest BCUT2D eigenvalue weighted by molar-refractivity contribution is -0.117. The highest BCUT2D eigenvalue weighted by Crippen LogP contribution is 2.38. The molecule has 0 aliphatic carbocycles. The van der Waals surface area contributed by atoms with Gasteiger partial charge >= 0.3 is 0 Å². The molecule has 1 atom stereocenters. The molecule has 2 aliphatic heterocycles. The number of amides is 1. The van der Waals surface area contributed by atoms with Gasteiger partial charge < -0.3 is 20.9 Å². The van der Waals surface area contributed by atoms with E-state index < -0.39 is 6.10 Å². The Hall–Kier alpha value is -1.43. The van der Waals surface area contributed by atoms with E-state index in [0.717, 1.165) is 23.2 Å². The van der Waals surface area contributed by atoms with Gasteiger partial charge in [-0.25, -0.2) is 0 Å². The Labute approximate surface area is 111 Å². The third kappa shape index (κ3) is 1.94. The number of carbonyl (C=O) groups is 1. The molecule has 1 unspecified atom stereocenters. The van der Waals surface area contributed by atoms with Crippen LogP contribution < -0.4 is 11.1 Å². The summed E-state index contributed by atoms with van der Waals surface area (Å²) < 4.78 is 5.29. The van der Waals surface area contributed by atoms with Gasteiger partial charge in [0.25, 0.3) is 0 Å². The standard InChI is InChI=1S/C14H18N2O3/c15-6-12(17)14(7-19-8-14)10-2-3-11-9(5-10)1-4-13(18)16-11/h2-3,5,12,17H,1,4,6-8,15H2,(H,16,18). The van der Waals surface area contributed by atoms with Gasteiger partial charge in [0.2, 0.25) is 5.91 Å². The van der Waals surface area contributed by atoms with Gasteiger partial charge in [-0.3, -0.25) is 4.79 Å². The van der Waals surface area contributed by atoms with Crippen LogP contribution >= 0.6 is 0 Å². The van der Waals surface area contributed by atoms with Crippen molar-refractivity contribution in [3.05, 3.63) is 29.3 Å². The predicted molar refractivity (Wildman–Crippen MR) is 71.0 cm³/mol. The molecule has 3 rings (SSSR count). The monoisotopic (exact) mass is 262 g/mol. The van der Waals surface area contributed by atoms with E-state index >= 15 is 0 Å². The minimum absolute atomic E-state index is 0.0592. The first-order valence-corrected chi connectivity index (χ1v) is 6.55. The number of rotatable bonds is 3. The second kappa shape index (κ2) is 4.59. The zero-order valence-corrected chi connectivity index (χ0v) is 10.7. The molecule has 0 bridgehead atoms. The maximum Gasteiger partial charge on any atom is 0.224 e. The predicted octanol–water partition coefficient (Wildman–Crippen LogP) is 0.159. The van der Waals surface area contributed by atoms with Crippen LogP contribution in [0.1, 0.15) is 17.5 Å². The van der Waals surface area contributed by atoms with Gasteiger partial charge in [-0.05, 0) is 23.6 Å². The largest absolute Gasteiger partial charge is 0.391 e. The highest BCUT2D eigenvalue weighted by molar-refractivity contribution is 5.93. The number of fused-ring (bicyclic) bond motifs is 1. The van der Waals surface area contributed by atoms with Crippen molar-refractivity contribution >= 4 is 11.6 Å². The Morgan fingerprint density at radius 3 is 2.84 bits per heavy atom. The Morgan fingerprint density at radius 2 is 2.21 bits per heavy atom. The van der Waals surface area contributed by atoms with Crippen molar-refractivity contribution in [2.45, 2.75) is 24.4 Å².